The summed E-state index contributed by atoms with van der Waals surface area (Å²) in [4.78, 5) is 12.3. The smallest absolute Gasteiger partial charge is 0.244 e. The van der Waals surface area contributed by atoms with Crippen molar-refractivity contribution in [3.05, 3.63) is 95.3 Å². The quantitative estimate of drug-likeness (QED) is 0.339. The summed E-state index contributed by atoms with van der Waals surface area (Å²) in [6.07, 6.45) is 4.94. The van der Waals surface area contributed by atoms with Gasteiger partial charge in [-0.1, -0.05) is 17.3 Å². The van der Waals surface area contributed by atoms with E-state index in [4.69, 9.17) is 24.2 Å². The van der Waals surface area contributed by atoms with Gasteiger partial charge in [-0.2, -0.15) is 5.26 Å². The topological polar surface area (TPSA) is 121 Å². The van der Waals surface area contributed by atoms with Gasteiger partial charge in [-0.05, 0) is 65.7 Å². The Hall–Kier alpha value is -5.30. The third kappa shape index (κ3) is 5.74. The third-order valence-corrected chi connectivity index (χ3v) is 5.70. The van der Waals surface area contributed by atoms with E-state index in [1.54, 1.807) is 54.4 Å². The van der Waals surface area contributed by atoms with Crippen molar-refractivity contribution in [3.8, 4) is 34.8 Å². The number of benzene rings is 3. The molecule has 1 N–H and O–H groups in total. The van der Waals surface area contributed by atoms with Crippen LogP contribution >= 0.6 is 0 Å². The Bertz CT molecular complexity index is 1520. The Morgan fingerprint density at radius 2 is 1.95 bits per heavy atom. The fourth-order valence-corrected chi connectivity index (χ4v) is 3.71. The lowest BCUT2D eigenvalue weighted by Gasteiger charge is -2.11. The molecule has 1 aliphatic rings. The lowest BCUT2D eigenvalue weighted by molar-refractivity contribution is -0.116. The molecule has 0 saturated carbocycles. The van der Waals surface area contributed by atoms with Crippen molar-refractivity contribution in [2.75, 3.05) is 13.9 Å². The predicted molar refractivity (Wildman–Crippen MR) is 137 cm³/mol. The van der Waals surface area contributed by atoms with Crippen LogP contribution < -0.4 is 24.3 Å². The average molecular weight is 510 g/mol. The number of nitrogens with one attached hydrogen (secondary N) is 1. The molecule has 0 radical (unpaired) electrons. The van der Waals surface area contributed by atoms with E-state index in [9.17, 15) is 4.79 Å². The van der Waals surface area contributed by atoms with Gasteiger partial charge in [0.05, 0.1) is 30.6 Å². The number of fused-ring (bicyclic) bond motifs is 1. The van der Waals surface area contributed by atoms with E-state index >= 15 is 0 Å². The molecule has 3 aromatic carbocycles. The summed E-state index contributed by atoms with van der Waals surface area (Å²) >= 11 is 0. The molecule has 2 heterocycles. The molecular weight excluding hydrogens is 486 g/mol. The highest BCUT2D eigenvalue weighted by atomic mass is 16.7. The minimum absolute atomic E-state index is 0.188. The minimum Gasteiger partial charge on any atom is -0.493 e. The van der Waals surface area contributed by atoms with Crippen molar-refractivity contribution in [3.63, 3.8) is 0 Å². The number of rotatable bonds is 9. The maximum atomic E-state index is 12.3. The van der Waals surface area contributed by atoms with E-state index in [0.717, 1.165) is 16.8 Å². The fraction of sp³-hybridized carbons (Fsp3) is 0.143. The molecule has 0 unspecified atom stereocenters. The van der Waals surface area contributed by atoms with Crippen molar-refractivity contribution >= 4 is 12.0 Å². The molecule has 0 aliphatic carbocycles. The van der Waals surface area contributed by atoms with E-state index in [-0.39, 0.29) is 19.3 Å². The summed E-state index contributed by atoms with van der Waals surface area (Å²) in [5.41, 5.74) is 3.68. The summed E-state index contributed by atoms with van der Waals surface area (Å²) in [6, 6.07) is 20.1. The molecule has 0 bridgehead atoms. The fourth-order valence-electron chi connectivity index (χ4n) is 3.71. The molecule has 4 aromatic rings. The normalized spacial score (nSPS) is 11.8. The van der Waals surface area contributed by atoms with Crippen molar-refractivity contribution in [2.24, 2.45) is 0 Å². The second-order valence-electron chi connectivity index (χ2n) is 8.25. The first-order valence-corrected chi connectivity index (χ1v) is 11.7. The summed E-state index contributed by atoms with van der Waals surface area (Å²) in [5, 5.41) is 20.1. The SMILES string of the molecule is COc1cc(CNC(=O)/C=C/c2ccc3c(c2)OCO3)ccc1OCc1cn(-c2ccc(C#N)cc2)nn1. The second kappa shape index (κ2) is 11.2. The summed E-state index contributed by atoms with van der Waals surface area (Å²) in [6.45, 7) is 0.713. The van der Waals surface area contributed by atoms with Crippen LogP contribution in [0.1, 0.15) is 22.4 Å². The molecule has 10 heteroatoms. The predicted octanol–water partition coefficient (Wildman–Crippen LogP) is 3.78. The molecule has 5 rings (SSSR count). The second-order valence-corrected chi connectivity index (χ2v) is 8.25. The zero-order chi connectivity index (χ0) is 26.3. The lowest BCUT2D eigenvalue weighted by Crippen LogP contribution is -2.20. The first kappa shape index (κ1) is 24.4. The van der Waals surface area contributed by atoms with Crippen LogP contribution in [0, 0.1) is 11.3 Å². The zero-order valence-corrected chi connectivity index (χ0v) is 20.5. The maximum Gasteiger partial charge on any atom is 0.244 e. The van der Waals surface area contributed by atoms with E-state index in [1.807, 2.05) is 30.3 Å². The maximum absolute atomic E-state index is 12.3. The van der Waals surface area contributed by atoms with Crippen molar-refractivity contribution in [2.45, 2.75) is 13.2 Å². The molecule has 0 saturated heterocycles. The van der Waals surface area contributed by atoms with Crippen LogP contribution in [0.15, 0.2) is 72.9 Å². The largest absolute Gasteiger partial charge is 0.493 e. The monoisotopic (exact) mass is 509 g/mol. The Morgan fingerprint density at radius 1 is 1.11 bits per heavy atom. The number of amides is 1. The van der Waals surface area contributed by atoms with Crippen LogP contribution in [0.3, 0.4) is 0 Å². The number of nitriles is 1. The first-order chi connectivity index (χ1) is 18.6. The third-order valence-electron chi connectivity index (χ3n) is 5.70. The summed E-state index contributed by atoms with van der Waals surface area (Å²) in [5.74, 6) is 2.21. The van der Waals surface area contributed by atoms with Gasteiger partial charge >= 0.3 is 0 Å². The number of ether oxygens (including phenoxy) is 4. The van der Waals surface area contributed by atoms with E-state index < -0.39 is 0 Å². The molecule has 0 atom stereocenters. The highest BCUT2D eigenvalue weighted by Crippen LogP contribution is 2.33. The molecule has 1 aliphatic heterocycles. The van der Waals surface area contributed by atoms with Crippen molar-refractivity contribution in [1.29, 1.82) is 5.26 Å². The van der Waals surface area contributed by atoms with Gasteiger partial charge in [0.1, 0.15) is 12.3 Å². The Labute approximate surface area is 218 Å². The Kier molecular flexibility index (Phi) is 7.18. The van der Waals surface area contributed by atoms with Crippen molar-refractivity contribution < 1.29 is 23.7 Å². The van der Waals surface area contributed by atoms with Gasteiger partial charge in [-0.3, -0.25) is 4.79 Å². The van der Waals surface area contributed by atoms with Crippen LogP contribution in [0.5, 0.6) is 23.0 Å². The number of nitrogens with zero attached hydrogens (tertiary/aromatic N) is 4. The van der Waals surface area contributed by atoms with Crippen LogP contribution in [-0.2, 0) is 17.9 Å². The number of hydrogen-bond donors (Lipinski definition) is 1. The number of hydrogen-bond acceptors (Lipinski definition) is 8. The molecular formula is C28H23N5O5. The highest BCUT2D eigenvalue weighted by molar-refractivity contribution is 5.91. The molecule has 0 spiro atoms. The first-order valence-electron chi connectivity index (χ1n) is 11.7. The molecule has 10 nitrogen and oxygen atoms in total. The molecule has 190 valence electrons. The number of aromatic nitrogens is 3. The van der Waals surface area contributed by atoms with Gasteiger partial charge < -0.3 is 24.3 Å². The standard InChI is InChI=1S/C28H23N5O5/c1-35-26-13-21(15-30-28(34)11-6-19-4-9-25-27(12-19)38-18-37-25)5-10-24(26)36-17-22-16-33(32-31-22)23-7-2-20(14-29)3-8-23/h2-13,16H,15,17-18H2,1H3,(H,30,34)/b11-6+. The van der Waals surface area contributed by atoms with Crippen molar-refractivity contribution in [1.82, 2.24) is 20.3 Å². The van der Waals surface area contributed by atoms with E-state index in [0.29, 0.717) is 40.8 Å². The minimum atomic E-state index is -0.229. The van der Waals surface area contributed by atoms with Gasteiger partial charge in [-0.25, -0.2) is 4.68 Å². The average Bonchev–Trinajstić information content (AvgIpc) is 3.63. The Morgan fingerprint density at radius 3 is 2.76 bits per heavy atom. The highest BCUT2D eigenvalue weighted by Gasteiger charge is 2.13. The Balaban J connectivity index is 1.15. The summed E-state index contributed by atoms with van der Waals surface area (Å²) < 4.78 is 23.6. The van der Waals surface area contributed by atoms with E-state index in [1.165, 1.54) is 6.08 Å². The number of methoxy groups -OCH3 is 1. The van der Waals surface area contributed by atoms with Crippen LogP contribution in [0.4, 0.5) is 0 Å². The molecule has 0 fully saturated rings. The van der Waals surface area contributed by atoms with Gasteiger partial charge in [0, 0.05) is 12.6 Å². The summed E-state index contributed by atoms with van der Waals surface area (Å²) in [7, 11) is 1.56. The lowest BCUT2D eigenvalue weighted by atomic mass is 10.2. The van der Waals surface area contributed by atoms with Crippen LogP contribution in [0.25, 0.3) is 11.8 Å². The van der Waals surface area contributed by atoms with Crippen LogP contribution in [-0.4, -0.2) is 34.8 Å². The molecule has 38 heavy (non-hydrogen) atoms. The zero-order valence-electron chi connectivity index (χ0n) is 20.5. The van der Waals surface area contributed by atoms with Gasteiger partial charge in [-0.15, -0.1) is 5.10 Å². The number of carbonyl (C=O) groups excluding carboxylic acids is 1. The van der Waals surface area contributed by atoms with E-state index in [2.05, 4.69) is 21.7 Å². The van der Waals surface area contributed by atoms with Gasteiger partial charge in [0.25, 0.3) is 0 Å². The number of carbonyl (C=O) groups is 1. The molecule has 1 aromatic heterocycles. The van der Waals surface area contributed by atoms with Gasteiger partial charge in [0.2, 0.25) is 12.7 Å². The van der Waals surface area contributed by atoms with Crippen LogP contribution in [0.2, 0.25) is 0 Å². The molecule has 1 amide bonds. The van der Waals surface area contributed by atoms with Gasteiger partial charge in [0.15, 0.2) is 23.0 Å².